The molecule has 5 nitrogen and oxygen atoms in total. The highest BCUT2D eigenvalue weighted by atomic mass is 16.5. The van der Waals surface area contributed by atoms with Gasteiger partial charge in [0.25, 0.3) is 0 Å². The lowest BCUT2D eigenvalue weighted by molar-refractivity contribution is 0.287. The number of methoxy groups -OCH3 is 1. The third-order valence-electron chi connectivity index (χ3n) is 3.39. The van der Waals surface area contributed by atoms with Crippen molar-refractivity contribution in [1.82, 2.24) is 20.2 Å². The molecule has 1 unspecified atom stereocenters. The van der Waals surface area contributed by atoms with Crippen molar-refractivity contribution in [3.63, 3.8) is 0 Å². The third kappa shape index (κ3) is 4.51. The van der Waals surface area contributed by atoms with Crippen LogP contribution in [0.15, 0.2) is 42.9 Å². The number of nitrogens with zero attached hydrogens (tertiary/aromatic N) is 3. The van der Waals surface area contributed by atoms with Crippen LogP contribution in [0.5, 0.6) is 5.75 Å². The Morgan fingerprint density at radius 1 is 1.29 bits per heavy atom. The molecule has 112 valence electrons. The number of hydrogen-bond donors (Lipinski definition) is 1. The minimum Gasteiger partial charge on any atom is -0.497 e. The summed E-state index contributed by atoms with van der Waals surface area (Å²) in [6, 6.07) is 10.4. The number of ether oxygens (including phenoxy) is 1. The van der Waals surface area contributed by atoms with Crippen LogP contribution in [0.1, 0.15) is 17.3 Å². The van der Waals surface area contributed by atoms with Gasteiger partial charge in [0, 0.05) is 25.3 Å². The van der Waals surface area contributed by atoms with Gasteiger partial charge in [-0.15, -0.1) is 0 Å². The molecule has 0 saturated heterocycles. The van der Waals surface area contributed by atoms with Crippen molar-refractivity contribution in [3.8, 4) is 5.75 Å². The molecule has 5 heteroatoms. The fourth-order valence-corrected chi connectivity index (χ4v) is 2.21. The standard InChI is InChI=1S/C16H22N4O/c1-20(2)16(13-5-4-6-15(9-13)21-3)11-18-10-14-7-8-17-12-19-14/h4-9,12,16,18H,10-11H2,1-3H3. The number of aromatic nitrogens is 2. The molecular weight excluding hydrogens is 264 g/mol. The number of hydrogen-bond acceptors (Lipinski definition) is 5. The van der Waals surface area contributed by atoms with E-state index >= 15 is 0 Å². The minimum absolute atomic E-state index is 0.280. The van der Waals surface area contributed by atoms with Crippen molar-refractivity contribution >= 4 is 0 Å². The van der Waals surface area contributed by atoms with Crippen LogP contribution in [0.4, 0.5) is 0 Å². The van der Waals surface area contributed by atoms with Gasteiger partial charge in [0.1, 0.15) is 12.1 Å². The van der Waals surface area contributed by atoms with E-state index in [2.05, 4.69) is 46.4 Å². The molecule has 0 aliphatic heterocycles. The monoisotopic (exact) mass is 286 g/mol. The summed E-state index contributed by atoms with van der Waals surface area (Å²) in [5.74, 6) is 0.884. The maximum Gasteiger partial charge on any atom is 0.119 e. The Kier molecular flexibility index (Phi) is 5.66. The van der Waals surface area contributed by atoms with Crippen molar-refractivity contribution in [2.24, 2.45) is 0 Å². The average Bonchev–Trinajstić information content (AvgIpc) is 2.52. The Morgan fingerprint density at radius 2 is 2.14 bits per heavy atom. The molecule has 1 N–H and O–H groups in total. The molecule has 21 heavy (non-hydrogen) atoms. The van der Waals surface area contributed by atoms with E-state index in [1.165, 1.54) is 5.56 Å². The maximum absolute atomic E-state index is 5.30. The van der Waals surface area contributed by atoms with Gasteiger partial charge in [0.2, 0.25) is 0 Å². The van der Waals surface area contributed by atoms with Crippen LogP contribution < -0.4 is 10.1 Å². The highest BCUT2D eigenvalue weighted by Crippen LogP contribution is 2.22. The van der Waals surface area contributed by atoms with Crippen molar-refractivity contribution in [1.29, 1.82) is 0 Å². The van der Waals surface area contributed by atoms with Gasteiger partial charge < -0.3 is 15.0 Å². The molecule has 1 heterocycles. The van der Waals surface area contributed by atoms with Crippen LogP contribution in [0.25, 0.3) is 0 Å². The second-order valence-electron chi connectivity index (χ2n) is 5.09. The molecule has 0 saturated carbocycles. The van der Waals surface area contributed by atoms with E-state index in [1.807, 2.05) is 18.2 Å². The summed E-state index contributed by atoms with van der Waals surface area (Å²) < 4.78 is 5.30. The van der Waals surface area contributed by atoms with Gasteiger partial charge in [-0.05, 0) is 37.9 Å². The summed E-state index contributed by atoms with van der Waals surface area (Å²) >= 11 is 0. The van der Waals surface area contributed by atoms with Crippen molar-refractivity contribution in [3.05, 3.63) is 54.1 Å². The summed E-state index contributed by atoms with van der Waals surface area (Å²) in [7, 11) is 5.85. The largest absolute Gasteiger partial charge is 0.497 e. The molecule has 0 spiro atoms. The third-order valence-corrected chi connectivity index (χ3v) is 3.39. The molecule has 1 aromatic carbocycles. The van der Waals surface area contributed by atoms with Crippen LogP contribution in [-0.2, 0) is 6.54 Å². The van der Waals surface area contributed by atoms with Gasteiger partial charge in [-0.1, -0.05) is 12.1 Å². The molecule has 1 aromatic heterocycles. The van der Waals surface area contributed by atoms with Gasteiger partial charge in [0.15, 0.2) is 0 Å². The lowest BCUT2D eigenvalue weighted by atomic mass is 10.1. The van der Waals surface area contributed by atoms with Crippen LogP contribution in [-0.4, -0.2) is 42.6 Å². The molecule has 1 atom stereocenters. The van der Waals surface area contributed by atoms with Crippen molar-refractivity contribution in [2.75, 3.05) is 27.7 Å². The van der Waals surface area contributed by atoms with Gasteiger partial charge in [-0.2, -0.15) is 0 Å². The van der Waals surface area contributed by atoms with E-state index in [0.717, 1.165) is 24.5 Å². The van der Waals surface area contributed by atoms with Crippen LogP contribution in [0.3, 0.4) is 0 Å². The van der Waals surface area contributed by atoms with Crippen molar-refractivity contribution < 1.29 is 4.74 Å². The predicted molar refractivity (Wildman–Crippen MR) is 83.2 cm³/mol. The topological polar surface area (TPSA) is 50.3 Å². The zero-order chi connectivity index (χ0) is 15.1. The number of benzene rings is 1. The summed E-state index contributed by atoms with van der Waals surface area (Å²) in [5.41, 5.74) is 2.22. The number of nitrogens with one attached hydrogen (secondary N) is 1. The first-order chi connectivity index (χ1) is 10.2. The van der Waals surface area contributed by atoms with Gasteiger partial charge >= 0.3 is 0 Å². The molecule has 0 fully saturated rings. The Labute approximate surface area is 126 Å². The molecule has 0 radical (unpaired) electrons. The summed E-state index contributed by atoms with van der Waals surface area (Å²) in [6.07, 6.45) is 3.33. The van der Waals surface area contributed by atoms with Gasteiger partial charge in [0.05, 0.1) is 12.8 Å². The minimum atomic E-state index is 0.280. The molecule has 0 amide bonds. The number of likely N-dealkylation sites (N-methyl/N-ethyl adjacent to an activating group) is 1. The van der Waals surface area contributed by atoms with Crippen LogP contribution in [0.2, 0.25) is 0 Å². The molecule has 0 aliphatic rings. The SMILES string of the molecule is COc1cccc(C(CNCc2ccncn2)N(C)C)c1. The van der Waals surface area contributed by atoms with Crippen LogP contribution >= 0.6 is 0 Å². The van der Waals surface area contributed by atoms with E-state index in [0.29, 0.717) is 0 Å². The highest BCUT2D eigenvalue weighted by molar-refractivity contribution is 5.30. The first-order valence-corrected chi connectivity index (χ1v) is 6.96. The molecule has 0 aliphatic carbocycles. The molecule has 2 aromatic rings. The van der Waals surface area contributed by atoms with Crippen LogP contribution in [0, 0.1) is 0 Å². The van der Waals surface area contributed by atoms with E-state index in [4.69, 9.17) is 4.74 Å². The Bertz CT molecular complexity index is 545. The lowest BCUT2D eigenvalue weighted by Crippen LogP contribution is -2.31. The molecule has 0 bridgehead atoms. The average molecular weight is 286 g/mol. The highest BCUT2D eigenvalue weighted by Gasteiger charge is 2.14. The van der Waals surface area contributed by atoms with E-state index in [-0.39, 0.29) is 6.04 Å². The van der Waals surface area contributed by atoms with E-state index in [1.54, 1.807) is 19.6 Å². The summed E-state index contributed by atoms with van der Waals surface area (Å²) in [4.78, 5) is 10.3. The fraction of sp³-hybridized carbons (Fsp3) is 0.375. The Morgan fingerprint density at radius 3 is 2.81 bits per heavy atom. The van der Waals surface area contributed by atoms with E-state index < -0.39 is 0 Å². The van der Waals surface area contributed by atoms with Gasteiger partial charge in [-0.25, -0.2) is 9.97 Å². The summed E-state index contributed by atoms with van der Waals surface area (Å²) in [5, 5.41) is 3.45. The normalized spacial score (nSPS) is 12.4. The quantitative estimate of drug-likeness (QED) is 0.842. The lowest BCUT2D eigenvalue weighted by Gasteiger charge is -2.25. The predicted octanol–water partition coefficient (Wildman–Crippen LogP) is 1.88. The summed E-state index contributed by atoms with van der Waals surface area (Å²) in [6.45, 7) is 1.57. The first kappa shape index (κ1) is 15.4. The van der Waals surface area contributed by atoms with Gasteiger partial charge in [-0.3, -0.25) is 0 Å². The molecular formula is C16H22N4O. The Hall–Kier alpha value is -1.98. The number of rotatable bonds is 7. The van der Waals surface area contributed by atoms with E-state index in [9.17, 15) is 0 Å². The maximum atomic E-state index is 5.30. The smallest absolute Gasteiger partial charge is 0.119 e. The second-order valence-corrected chi connectivity index (χ2v) is 5.09. The fourth-order valence-electron chi connectivity index (χ4n) is 2.21. The Balaban J connectivity index is 1.99. The zero-order valence-corrected chi connectivity index (χ0v) is 12.8. The first-order valence-electron chi connectivity index (χ1n) is 6.96. The zero-order valence-electron chi connectivity index (χ0n) is 12.8. The second kappa shape index (κ2) is 7.71. The van der Waals surface area contributed by atoms with Crippen molar-refractivity contribution in [2.45, 2.75) is 12.6 Å². The molecule has 2 rings (SSSR count).